The molecule has 2 aromatic carbocycles. The Morgan fingerprint density at radius 3 is 2.44 bits per heavy atom. The highest BCUT2D eigenvalue weighted by atomic mass is 16.4. The minimum Gasteiger partial charge on any atom is -0.477 e. The Bertz CT molecular complexity index is 1100. The Morgan fingerprint density at radius 1 is 1.07 bits per heavy atom. The Hall–Kier alpha value is -3.41. The van der Waals surface area contributed by atoms with Crippen molar-refractivity contribution in [1.82, 2.24) is 4.98 Å². The van der Waals surface area contributed by atoms with E-state index in [0.717, 1.165) is 24.8 Å². The second kappa shape index (κ2) is 6.72. The quantitative estimate of drug-likeness (QED) is 0.658. The summed E-state index contributed by atoms with van der Waals surface area (Å²) in [4.78, 5) is 38.8. The molecule has 1 amide bonds. The summed E-state index contributed by atoms with van der Waals surface area (Å²) in [6.45, 7) is 0. The van der Waals surface area contributed by atoms with Crippen LogP contribution >= 0.6 is 0 Å². The molecular formula is C21H18N2O4. The highest BCUT2D eigenvalue weighted by molar-refractivity contribution is 6.09. The van der Waals surface area contributed by atoms with Gasteiger partial charge in [-0.25, -0.2) is 4.79 Å². The number of aromatic nitrogens is 1. The molecule has 0 atom stereocenters. The molecule has 0 aliphatic heterocycles. The van der Waals surface area contributed by atoms with Gasteiger partial charge in [-0.05, 0) is 42.5 Å². The van der Waals surface area contributed by atoms with Crippen molar-refractivity contribution in [2.45, 2.75) is 25.2 Å². The predicted octanol–water partition coefficient (Wildman–Crippen LogP) is 3.75. The molecular weight excluding hydrogens is 344 g/mol. The van der Waals surface area contributed by atoms with Crippen LogP contribution in [0.2, 0.25) is 0 Å². The van der Waals surface area contributed by atoms with E-state index in [-0.39, 0.29) is 11.5 Å². The lowest BCUT2D eigenvalue weighted by Crippen LogP contribution is -2.20. The number of nitrogens with one attached hydrogen (secondary N) is 2. The summed E-state index contributed by atoms with van der Waals surface area (Å²) in [7, 11) is 0. The summed E-state index contributed by atoms with van der Waals surface area (Å²) in [5, 5.41) is 12.7. The van der Waals surface area contributed by atoms with Crippen LogP contribution in [0.5, 0.6) is 0 Å². The molecule has 3 N–H and O–H groups in total. The summed E-state index contributed by atoms with van der Waals surface area (Å²) in [5.41, 5.74) is 1.49. The topological polar surface area (TPSA) is 99.3 Å². The molecule has 0 saturated heterocycles. The average Bonchev–Trinajstić information content (AvgIpc) is 2.62. The lowest BCUT2D eigenvalue weighted by molar-refractivity contribution is 0.0695. The van der Waals surface area contributed by atoms with Crippen molar-refractivity contribution in [2.75, 3.05) is 5.32 Å². The number of amides is 1. The standard InChI is InChI=1S/C21H18N2O4/c24-19(13-5-2-1-3-6-13)23-18-15(12-7-4-8-12)10-9-14-11-16(21(26)27)20(25)22-17(14)18/h1-3,5-6,9-12H,4,7-8H2,(H,22,25)(H,23,24)(H,26,27). The fraction of sp³-hybridized carbons (Fsp3) is 0.190. The fourth-order valence-corrected chi connectivity index (χ4v) is 3.42. The maximum Gasteiger partial charge on any atom is 0.341 e. The van der Waals surface area contributed by atoms with Gasteiger partial charge in [0.2, 0.25) is 0 Å². The minimum atomic E-state index is -1.28. The summed E-state index contributed by atoms with van der Waals surface area (Å²) in [6, 6.07) is 13.9. The Labute approximate surface area is 154 Å². The maximum atomic E-state index is 12.7. The van der Waals surface area contributed by atoms with Gasteiger partial charge < -0.3 is 15.4 Å². The molecule has 6 nitrogen and oxygen atoms in total. The summed E-state index contributed by atoms with van der Waals surface area (Å²) >= 11 is 0. The van der Waals surface area contributed by atoms with Crippen LogP contribution in [0.3, 0.4) is 0 Å². The van der Waals surface area contributed by atoms with Crippen LogP contribution in [-0.2, 0) is 0 Å². The van der Waals surface area contributed by atoms with E-state index < -0.39 is 11.5 Å². The van der Waals surface area contributed by atoms with Crippen molar-refractivity contribution in [2.24, 2.45) is 0 Å². The van der Waals surface area contributed by atoms with Crippen LogP contribution in [0.4, 0.5) is 5.69 Å². The second-order valence-corrected chi connectivity index (χ2v) is 6.76. The van der Waals surface area contributed by atoms with Crippen LogP contribution in [0.15, 0.2) is 53.3 Å². The first kappa shape index (κ1) is 17.0. The molecule has 1 heterocycles. The number of hydrogen-bond acceptors (Lipinski definition) is 3. The van der Waals surface area contributed by atoms with E-state index in [0.29, 0.717) is 28.1 Å². The fourth-order valence-electron chi connectivity index (χ4n) is 3.42. The van der Waals surface area contributed by atoms with Crippen molar-refractivity contribution >= 4 is 28.5 Å². The number of fused-ring (bicyclic) bond motifs is 1. The molecule has 1 aliphatic rings. The number of aromatic carboxylic acids is 1. The highest BCUT2D eigenvalue weighted by Crippen LogP contribution is 2.42. The van der Waals surface area contributed by atoms with Crippen molar-refractivity contribution in [1.29, 1.82) is 0 Å². The van der Waals surface area contributed by atoms with Crippen molar-refractivity contribution in [3.63, 3.8) is 0 Å². The molecule has 1 fully saturated rings. The molecule has 0 bridgehead atoms. The van der Waals surface area contributed by atoms with Crippen molar-refractivity contribution in [3.05, 3.63) is 75.6 Å². The molecule has 0 radical (unpaired) electrons. The van der Waals surface area contributed by atoms with Gasteiger partial charge in [-0.2, -0.15) is 0 Å². The molecule has 1 aliphatic carbocycles. The van der Waals surface area contributed by atoms with E-state index in [9.17, 15) is 19.5 Å². The van der Waals surface area contributed by atoms with Gasteiger partial charge in [0.25, 0.3) is 11.5 Å². The number of pyridine rings is 1. The number of aromatic amines is 1. The molecule has 0 unspecified atom stereocenters. The molecule has 136 valence electrons. The SMILES string of the molecule is O=C(Nc1c(C2CCC2)ccc2cc(C(=O)O)c(=O)[nH]c12)c1ccccc1. The normalized spacial score (nSPS) is 13.9. The molecule has 1 saturated carbocycles. The Morgan fingerprint density at radius 2 is 1.81 bits per heavy atom. The first-order valence-corrected chi connectivity index (χ1v) is 8.84. The molecule has 0 spiro atoms. The minimum absolute atomic E-state index is 0.271. The van der Waals surface area contributed by atoms with E-state index in [4.69, 9.17) is 0 Å². The van der Waals surface area contributed by atoms with Gasteiger partial charge in [0.05, 0.1) is 11.2 Å². The number of carbonyl (C=O) groups excluding carboxylic acids is 1. The summed E-state index contributed by atoms with van der Waals surface area (Å²) in [6.07, 6.45) is 3.18. The highest BCUT2D eigenvalue weighted by Gasteiger charge is 2.25. The number of rotatable bonds is 4. The monoisotopic (exact) mass is 362 g/mol. The Balaban J connectivity index is 1.86. The third kappa shape index (κ3) is 3.10. The summed E-state index contributed by atoms with van der Waals surface area (Å²) < 4.78 is 0. The van der Waals surface area contributed by atoms with E-state index in [1.54, 1.807) is 30.3 Å². The number of benzene rings is 2. The van der Waals surface area contributed by atoms with Gasteiger partial charge in [0.15, 0.2) is 0 Å². The number of H-pyrrole nitrogens is 1. The van der Waals surface area contributed by atoms with Crippen molar-refractivity contribution in [3.8, 4) is 0 Å². The van der Waals surface area contributed by atoms with Gasteiger partial charge in [-0.1, -0.05) is 36.8 Å². The van der Waals surface area contributed by atoms with Crippen LogP contribution in [0, 0.1) is 0 Å². The van der Waals surface area contributed by atoms with E-state index in [1.165, 1.54) is 6.07 Å². The van der Waals surface area contributed by atoms with Crippen LogP contribution in [-0.4, -0.2) is 22.0 Å². The van der Waals surface area contributed by atoms with Gasteiger partial charge in [-0.3, -0.25) is 9.59 Å². The molecule has 27 heavy (non-hydrogen) atoms. The third-order valence-corrected chi connectivity index (χ3v) is 5.10. The third-order valence-electron chi connectivity index (χ3n) is 5.10. The first-order chi connectivity index (χ1) is 13.0. The lowest BCUT2D eigenvalue weighted by Gasteiger charge is -2.28. The number of carboxylic acid groups (broad SMARTS) is 1. The van der Waals surface area contributed by atoms with E-state index >= 15 is 0 Å². The lowest BCUT2D eigenvalue weighted by atomic mass is 9.79. The van der Waals surface area contributed by atoms with Crippen molar-refractivity contribution < 1.29 is 14.7 Å². The zero-order valence-corrected chi connectivity index (χ0v) is 14.5. The first-order valence-electron chi connectivity index (χ1n) is 8.84. The molecule has 4 rings (SSSR count). The van der Waals surface area contributed by atoms with Crippen LogP contribution in [0.1, 0.15) is 51.5 Å². The zero-order valence-electron chi connectivity index (χ0n) is 14.5. The molecule has 6 heteroatoms. The van der Waals surface area contributed by atoms with Crippen LogP contribution < -0.4 is 10.9 Å². The van der Waals surface area contributed by atoms with Gasteiger partial charge >= 0.3 is 5.97 Å². The number of carbonyl (C=O) groups is 2. The maximum absolute atomic E-state index is 12.7. The largest absolute Gasteiger partial charge is 0.477 e. The van der Waals surface area contributed by atoms with Crippen LogP contribution in [0.25, 0.3) is 10.9 Å². The Kier molecular flexibility index (Phi) is 4.24. The number of carboxylic acids is 1. The zero-order chi connectivity index (χ0) is 19.0. The van der Waals surface area contributed by atoms with E-state index in [2.05, 4.69) is 10.3 Å². The molecule has 3 aromatic rings. The smallest absolute Gasteiger partial charge is 0.341 e. The van der Waals surface area contributed by atoms with Gasteiger partial charge in [0, 0.05) is 10.9 Å². The molecule has 1 aromatic heterocycles. The number of anilines is 1. The van der Waals surface area contributed by atoms with E-state index in [1.807, 2.05) is 12.1 Å². The second-order valence-electron chi connectivity index (χ2n) is 6.76. The van der Waals surface area contributed by atoms with Gasteiger partial charge in [-0.15, -0.1) is 0 Å². The number of hydrogen-bond donors (Lipinski definition) is 3. The summed E-state index contributed by atoms with van der Waals surface area (Å²) in [5.74, 6) is -1.23. The average molecular weight is 362 g/mol. The van der Waals surface area contributed by atoms with Gasteiger partial charge in [0.1, 0.15) is 5.56 Å². The predicted molar refractivity (Wildman–Crippen MR) is 103 cm³/mol.